The average Bonchev–Trinajstić information content (AvgIpc) is 3.60. The van der Waals surface area contributed by atoms with Gasteiger partial charge in [-0.25, -0.2) is 0 Å². The van der Waals surface area contributed by atoms with E-state index in [2.05, 4.69) is 10.2 Å². The largest absolute Gasteiger partial charge is 0.504 e. The number of amides is 1. The molecule has 2 heterocycles. The molecule has 6 rings (SSSR count). The lowest BCUT2D eigenvalue weighted by molar-refractivity contribution is -0.146. The highest BCUT2D eigenvalue weighted by molar-refractivity contribution is 6.02. The van der Waals surface area contributed by atoms with Crippen molar-refractivity contribution in [3.8, 4) is 11.5 Å². The van der Waals surface area contributed by atoms with Crippen molar-refractivity contribution >= 4 is 11.5 Å². The van der Waals surface area contributed by atoms with Crippen LogP contribution in [0.2, 0.25) is 0 Å². The molecule has 2 fully saturated rings. The Hall–Kier alpha value is -2.83. The molecule has 4 aliphatic rings. The number of phenols is 1. The lowest BCUT2D eigenvalue weighted by Crippen LogP contribution is -2.73. The fourth-order valence-corrected chi connectivity index (χ4v) is 7.26. The number of carbonyl (C=O) groups is 1. The maximum absolute atomic E-state index is 13.4. The standard InChI is InChI=1S/C31H38N2O4/c1-18(2)32-29(35)19(3)25(21-8-6-5-7-9-21)28-31-14-15-33(17-20-10-11-20)24(30(31,4)36)16-22-12-13-23(34)27(37-28)26(22)31/h5-9,12-13,18,20,24,28,34,36H,10-11,14-17H2,1-4H3,(H,32,35)/b25-19+/t24-,28+,30-,31+/m1/s1. The van der Waals surface area contributed by atoms with E-state index in [0.717, 1.165) is 47.7 Å². The fourth-order valence-electron chi connectivity index (χ4n) is 7.26. The monoisotopic (exact) mass is 502 g/mol. The Morgan fingerprint density at radius 3 is 2.59 bits per heavy atom. The van der Waals surface area contributed by atoms with Gasteiger partial charge in [-0.15, -0.1) is 0 Å². The molecule has 0 unspecified atom stereocenters. The predicted octanol–water partition coefficient (Wildman–Crippen LogP) is 4.18. The quantitative estimate of drug-likeness (QED) is 0.517. The third kappa shape index (κ3) is 3.63. The van der Waals surface area contributed by atoms with Crippen molar-refractivity contribution in [2.45, 2.75) is 82.6 Å². The minimum Gasteiger partial charge on any atom is -0.504 e. The summed E-state index contributed by atoms with van der Waals surface area (Å²) in [5, 5.41) is 26.6. The number of hydrogen-bond acceptors (Lipinski definition) is 5. The minimum absolute atomic E-state index is 0.0113. The van der Waals surface area contributed by atoms with Gasteiger partial charge in [0.2, 0.25) is 5.91 Å². The van der Waals surface area contributed by atoms with Crippen LogP contribution in [0.15, 0.2) is 48.0 Å². The third-order valence-electron chi connectivity index (χ3n) is 9.25. The maximum atomic E-state index is 13.4. The number of rotatable bonds is 6. The molecule has 2 bridgehead atoms. The molecule has 1 spiro atoms. The first kappa shape index (κ1) is 24.5. The summed E-state index contributed by atoms with van der Waals surface area (Å²) in [7, 11) is 0. The van der Waals surface area contributed by atoms with Gasteiger partial charge in [0.05, 0.1) is 11.0 Å². The van der Waals surface area contributed by atoms with Crippen LogP contribution in [-0.2, 0) is 16.6 Å². The van der Waals surface area contributed by atoms with Crippen molar-refractivity contribution in [1.29, 1.82) is 0 Å². The topological polar surface area (TPSA) is 82.0 Å². The van der Waals surface area contributed by atoms with Crippen LogP contribution in [0, 0.1) is 5.92 Å². The van der Waals surface area contributed by atoms with E-state index in [1.807, 2.05) is 64.1 Å². The lowest BCUT2D eigenvalue weighted by Gasteiger charge is -2.60. The highest BCUT2D eigenvalue weighted by atomic mass is 16.5. The zero-order valence-corrected chi connectivity index (χ0v) is 22.3. The Kier molecular flexibility index (Phi) is 5.70. The molecular formula is C31H38N2O4. The van der Waals surface area contributed by atoms with Crippen LogP contribution >= 0.6 is 0 Å². The van der Waals surface area contributed by atoms with E-state index in [-0.39, 0.29) is 23.7 Å². The van der Waals surface area contributed by atoms with E-state index < -0.39 is 17.1 Å². The molecule has 1 saturated heterocycles. The van der Waals surface area contributed by atoms with Gasteiger partial charge in [-0.3, -0.25) is 9.69 Å². The number of hydrogen-bond donors (Lipinski definition) is 3. The van der Waals surface area contributed by atoms with E-state index in [1.165, 1.54) is 12.8 Å². The van der Waals surface area contributed by atoms with E-state index in [1.54, 1.807) is 6.07 Å². The Labute approximate surface area is 219 Å². The maximum Gasteiger partial charge on any atom is 0.247 e. The number of nitrogens with one attached hydrogen (secondary N) is 1. The third-order valence-corrected chi connectivity index (χ3v) is 9.25. The van der Waals surface area contributed by atoms with Gasteiger partial charge in [0.25, 0.3) is 0 Å². The molecule has 3 N–H and O–H groups in total. The van der Waals surface area contributed by atoms with Crippen molar-refractivity contribution in [2.75, 3.05) is 13.1 Å². The first-order chi connectivity index (χ1) is 17.6. The zero-order valence-electron chi connectivity index (χ0n) is 22.3. The molecule has 2 aliphatic heterocycles. The minimum atomic E-state index is -1.12. The van der Waals surface area contributed by atoms with Gasteiger partial charge < -0.3 is 20.3 Å². The van der Waals surface area contributed by atoms with Crippen LogP contribution < -0.4 is 10.1 Å². The number of aliphatic hydroxyl groups is 1. The number of piperidine rings is 1. The highest BCUT2D eigenvalue weighted by Gasteiger charge is 2.69. The molecule has 6 nitrogen and oxygen atoms in total. The average molecular weight is 503 g/mol. The smallest absolute Gasteiger partial charge is 0.247 e. The number of carbonyl (C=O) groups excluding carboxylic acids is 1. The molecule has 196 valence electrons. The summed E-state index contributed by atoms with van der Waals surface area (Å²) in [4.78, 5) is 15.9. The first-order valence-electron chi connectivity index (χ1n) is 13.7. The van der Waals surface area contributed by atoms with Gasteiger partial charge in [-0.05, 0) is 83.0 Å². The number of ether oxygens (including phenoxy) is 1. The predicted molar refractivity (Wildman–Crippen MR) is 144 cm³/mol. The molecule has 2 aliphatic carbocycles. The van der Waals surface area contributed by atoms with Crippen molar-refractivity contribution in [3.05, 3.63) is 64.7 Å². The van der Waals surface area contributed by atoms with Gasteiger partial charge in [0.15, 0.2) is 11.5 Å². The molecule has 0 radical (unpaired) electrons. The van der Waals surface area contributed by atoms with E-state index in [0.29, 0.717) is 17.7 Å². The lowest BCUT2D eigenvalue weighted by atomic mass is 9.52. The summed E-state index contributed by atoms with van der Waals surface area (Å²) in [6.07, 6.45) is 3.32. The van der Waals surface area contributed by atoms with Crippen LogP contribution in [-0.4, -0.2) is 57.9 Å². The van der Waals surface area contributed by atoms with Gasteiger partial charge in [-0.2, -0.15) is 0 Å². The molecule has 37 heavy (non-hydrogen) atoms. The fraction of sp³-hybridized carbons (Fsp3) is 0.516. The zero-order chi connectivity index (χ0) is 26.1. The Balaban J connectivity index is 1.56. The molecule has 0 aromatic heterocycles. The summed E-state index contributed by atoms with van der Waals surface area (Å²) < 4.78 is 6.73. The van der Waals surface area contributed by atoms with E-state index >= 15 is 0 Å². The summed E-state index contributed by atoms with van der Waals surface area (Å²) >= 11 is 0. The normalized spacial score (nSPS) is 31.0. The van der Waals surface area contributed by atoms with Crippen LogP contribution in [0.3, 0.4) is 0 Å². The molecule has 1 saturated carbocycles. The van der Waals surface area contributed by atoms with Crippen molar-refractivity contribution < 1.29 is 19.7 Å². The van der Waals surface area contributed by atoms with Crippen LogP contribution in [0.1, 0.15) is 63.6 Å². The Morgan fingerprint density at radius 2 is 1.92 bits per heavy atom. The van der Waals surface area contributed by atoms with E-state index in [9.17, 15) is 15.0 Å². The Bertz CT molecular complexity index is 1260. The second-order valence-electron chi connectivity index (χ2n) is 12.0. The van der Waals surface area contributed by atoms with Crippen molar-refractivity contribution in [3.63, 3.8) is 0 Å². The Morgan fingerprint density at radius 1 is 1.19 bits per heavy atom. The molecule has 1 amide bonds. The van der Waals surface area contributed by atoms with Gasteiger partial charge in [0.1, 0.15) is 6.10 Å². The molecule has 4 atom stereocenters. The van der Waals surface area contributed by atoms with E-state index in [4.69, 9.17) is 4.74 Å². The molecule has 6 heteroatoms. The van der Waals surface area contributed by atoms with Crippen molar-refractivity contribution in [1.82, 2.24) is 10.2 Å². The number of phenolic OH excluding ortho intramolecular Hbond substituents is 1. The van der Waals surface area contributed by atoms with Gasteiger partial charge in [-0.1, -0.05) is 36.4 Å². The summed E-state index contributed by atoms with van der Waals surface area (Å²) in [6.45, 7) is 9.57. The molecule has 2 aromatic rings. The highest BCUT2D eigenvalue weighted by Crippen LogP contribution is 2.64. The van der Waals surface area contributed by atoms with Crippen LogP contribution in [0.4, 0.5) is 0 Å². The van der Waals surface area contributed by atoms with Gasteiger partial charge in [0, 0.05) is 35.3 Å². The number of fused-ring (bicyclic) bond motifs is 1. The number of aromatic hydroxyl groups is 1. The second-order valence-corrected chi connectivity index (χ2v) is 12.0. The van der Waals surface area contributed by atoms with Crippen molar-refractivity contribution in [2.24, 2.45) is 5.92 Å². The molecular weight excluding hydrogens is 464 g/mol. The summed E-state index contributed by atoms with van der Waals surface area (Å²) in [5.41, 5.74) is 2.39. The number of likely N-dealkylation sites (tertiary alicyclic amines) is 1. The summed E-state index contributed by atoms with van der Waals surface area (Å²) in [6, 6.07) is 13.5. The molecule has 2 aromatic carbocycles. The number of nitrogens with zero attached hydrogens (tertiary/aromatic N) is 1. The van der Waals surface area contributed by atoms with Crippen LogP contribution in [0.25, 0.3) is 5.57 Å². The second kappa shape index (κ2) is 8.60. The number of benzene rings is 2. The first-order valence-corrected chi connectivity index (χ1v) is 13.7. The summed E-state index contributed by atoms with van der Waals surface area (Å²) in [5.74, 6) is 1.13. The van der Waals surface area contributed by atoms with Crippen LogP contribution in [0.5, 0.6) is 11.5 Å². The van der Waals surface area contributed by atoms with Gasteiger partial charge >= 0.3 is 0 Å². The SMILES string of the molecule is C/C(C(=O)NC(C)C)=C(/c1ccccc1)[C@@H]1Oc2c(O)ccc3c2[C@@]12CCN(CC1CC1)[C@H](C3)[C@@]2(C)O.